The predicted octanol–water partition coefficient (Wildman–Crippen LogP) is 0.915. The first-order chi connectivity index (χ1) is 8.84. The lowest BCUT2D eigenvalue weighted by Crippen LogP contribution is -2.34. The van der Waals surface area contributed by atoms with Crippen LogP contribution >= 0.6 is 24.8 Å². The van der Waals surface area contributed by atoms with Gasteiger partial charge in [-0.1, -0.05) is 0 Å². The van der Waals surface area contributed by atoms with Crippen LogP contribution in [0.1, 0.15) is 12.8 Å². The van der Waals surface area contributed by atoms with E-state index in [4.69, 9.17) is 0 Å². The van der Waals surface area contributed by atoms with Crippen molar-refractivity contribution in [1.82, 2.24) is 20.5 Å². The number of hydrogen-bond donors (Lipinski definition) is 3. The molecule has 0 unspecified atom stereocenters. The van der Waals surface area contributed by atoms with Crippen molar-refractivity contribution in [2.24, 2.45) is 5.92 Å². The summed E-state index contributed by atoms with van der Waals surface area (Å²) in [6.45, 7) is 1.82. The molecule has 0 saturated carbocycles. The summed E-state index contributed by atoms with van der Waals surface area (Å²) in [4.78, 5) is 16.3. The Kier molecular flexibility index (Phi) is 8.19. The van der Waals surface area contributed by atoms with E-state index in [1.165, 1.54) is 0 Å². The van der Waals surface area contributed by atoms with Crippen molar-refractivity contribution in [1.29, 1.82) is 0 Å². The number of aromatic nitrogens is 3. The van der Waals surface area contributed by atoms with E-state index < -0.39 is 0 Å². The molecule has 1 aliphatic heterocycles. The number of nitrogens with zero attached hydrogens (tertiary/aromatic N) is 2. The maximum Gasteiger partial charge on any atom is 0.227 e. The van der Waals surface area contributed by atoms with E-state index in [9.17, 15) is 4.79 Å². The molecule has 3 heterocycles. The number of fused-ring (bicyclic) bond motifs is 1. The molecule has 0 bridgehead atoms. The third kappa shape index (κ3) is 4.28. The SMILES string of the molecule is Cl.Cl.O.O=C(Nc1ccnc2[nH]ncc12)C1CCNCC1. The molecule has 5 N–H and O–H groups in total. The van der Waals surface area contributed by atoms with Crippen molar-refractivity contribution in [2.75, 3.05) is 18.4 Å². The van der Waals surface area contributed by atoms with Gasteiger partial charge < -0.3 is 16.1 Å². The van der Waals surface area contributed by atoms with Gasteiger partial charge in [0, 0.05) is 12.1 Å². The zero-order valence-corrected chi connectivity index (χ0v) is 12.9. The van der Waals surface area contributed by atoms with Crippen molar-refractivity contribution in [3.05, 3.63) is 18.5 Å². The predicted molar refractivity (Wildman–Crippen MR) is 86.2 cm³/mol. The highest BCUT2D eigenvalue weighted by Gasteiger charge is 2.21. The van der Waals surface area contributed by atoms with E-state index in [2.05, 4.69) is 25.8 Å². The Balaban J connectivity index is 0.00000133. The minimum absolute atomic E-state index is 0. The van der Waals surface area contributed by atoms with Gasteiger partial charge >= 0.3 is 0 Å². The Labute approximate surface area is 134 Å². The average molecular weight is 336 g/mol. The molecular formula is C12H19Cl2N5O2. The number of amides is 1. The maximum absolute atomic E-state index is 12.1. The Morgan fingerprint density at radius 2 is 2.00 bits per heavy atom. The van der Waals surface area contributed by atoms with Crippen LogP contribution in [-0.2, 0) is 4.79 Å². The van der Waals surface area contributed by atoms with Crippen molar-refractivity contribution in [3.8, 4) is 0 Å². The number of nitrogens with one attached hydrogen (secondary N) is 3. The van der Waals surface area contributed by atoms with Crippen LogP contribution in [0.15, 0.2) is 18.5 Å². The molecule has 0 atom stereocenters. The first kappa shape index (κ1) is 19.6. The summed E-state index contributed by atoms with van der Waals surface area (Å²) in [6, 6.07) is 1.80. The molecule has 2 aromatic heterocycles. The Bertz CT molecular complexity index is 572. The number of rotatable bonds is 2. The quantitative estimate of drug-likeness (QED) is 0.756. The summed E-state index contributed by atoms with van der Waals surface area (Å²) in [7, 11) is 0. The topological polar surface area (TPSA) is 114 Å². The van der Waals surface area contributed by atoms with Gasteiger partial charge in [-0.2, -0.15) is 5.10 Å². The maximum atomic E-state index is 12.1. The number of pyridine rings is 1. The number of H-pyrrole nitrogens is 1. The van der Waals surface area contributed by atoms with Gasteiger partial charge in [0.05, 0.1) is 17.3 Å². The monoisotopic (exact) mass is 335 g/mol. The molecule has 0 aromatic carbocycles. The number of carbonyl (C=O) groups is 1. The second kappa shape index (κ2) is 8.78. The lowest BCUT2D eigenvalue weighted by Gasteiger charge is -2.21. The van der Waals surface area contributed by atoms with Crippen LogP contribution in [0.4, 0.5) is 5.69 Å². The van der Waals surface area contributed by atoms with Gasteiger partial charge in [0.2, 0.25) is 5.91 Å². The summed E-state index contributed by atoms with van der Waals surface area (Å²) < 4.78 is 0. The van der Waals surface area contributed by atoms with Crippen LogP contribution in [0.25, 0.3) is 11.0 Å². The number of aromatic amines is 1. The highest BCUT2D eigenvalue weighted by molar-refractivity contribution is 6.00. The Hall–Kier alpha value is -1.41. The van der Waals surface area contributed by atoms with Gasteiger partial charge in [-0.3, -0.25) is 9.89 Å². The summed E-state index contributed by atoms with van der Waals surface area (Å²) >= 11 is 0. The molecule has 0 radical (unpaired) electrons. The molecule has 0 spiro atoms. The van der Waals surface area contributed by atoms with Crippen molar-refractivity contribution < 1.29 is 10.3 Å². The lowest BCUT2D eigenvalue weighted by atomic mass is 9.97. The highest BCUT2D eigenvalue weighted by Crippen LogP contribution is 2.21. The lowest BCUT2D eigenvalue weighted by molar-refractivity contribution is -0.120. The van der Waals surface area contributed by atoms with Gasteiger partial charge in [0.25, 0.3) is 0 Å². The number of anilines is 1. The molecule has 0 aliphatic carbocycles. The van der Waals surface area contributed by atoms with Gasteiger partial charge in [-0.15, -0.1) is 24.8 Å². The standard InChI is InChI=1S/C12H15N5O.2ClH.H2O/c18-12(8-1-4-13-5-2-8)16-10-3-6-14-11-9(10)7-15-17-11;;;/h3,6-8,13H,1-2,4-5H2,(H2,14,15,16,17,18);2*1H;1H2. The molecule has 1 aliphatic rings. The van der Waals surface area contributed by atoms with E-state index in [1.54, 1.807) is 18.5 Å². The number of carbonyl (C=O) groups excluding carboxylic acids is 1. The van der Waals surface area contributed by atoms with E-state index in [1.807, 2.05) is 0 Å². The summed E-state index contributed by atoms with van der Waals surface area (Å²) in [5.41, 5.74) is 1.47. The highest BCUT2D eigenvalue weighted by atomic mass is 35.5. The normalized spacial score (nSPS) is 14.5. The Morgan fingerprint density at radius 1 is 1.29 bits per heavy atom. The molecule has 118 valence electrons. The van der Waals surface area contributed by atoms with Crippen molar-refractivity contribution in [3.63, 3.8) is 0 Å². The summed E-state index contributed by atoms with van der Waals surface area (Å²) in [5, 5.41) is 13.8. The van der Waals surface area contributed by atoms with Crippen LogP contribution in [0, 0.1) is 5.92 Å². The minimum atomic E-state index is 0. The zero-order chi connectivity index (χ0) is 12.4. The van der Waals surface area contributed by atoms with Gasteiger partial charge in [-0.05, 0) is 32.0 Å². The second-order valence-corrected chi connectivity index (χ2v) is 4.50. The van der Waals surface area contributed by atoms with Crippen molar-refractivity contribution in [2.45, 2.75) is 12.8 Å². The third-order valence-corrected chi connectivity index (χ3v) is 3.32. The molecule has 1 saturated heterocycles. The largest absolute Gasteiger partial charge is 0.412 e. The van der Waals surface area contributed by atoms with Crippen molar-refractivity contribution >= 4 is 47.4 Å². The fourth-order valence-corrected chi connectivity index (χ4v) is 2.28. The third-order valence-electron chi connectivity index (χ3n) is 3.32. The molecular weight excluding hydrogens is 317 g/mol. The van der Waals surface area contributed by atoms with Crippen LogP contribution < -0.4 is 10.6 Å². The van der Waals surface area contributed by atoms with Crippen LogP contribution in [0.3, 0.4) is 0 Å². The van der Waals surface area contributed by atoms with E-state index in [0.29, 0.717) is 5.65 Å². The molecule has 9 heteroatoms. The number of hydrogen-bond acceptors (Lipinski definition) is 4. The molecule has 3 rings (SSSR count). The molecule has 1 amide bonds. The zero-order valence-electron chi connectivity index (χ0n) is 11.3. The first-order valence-electron chi connectivity index (χ1n) is 6.14. The summed E-state index contributed by atoms with van der Waals surface area (Å²) in [5.74, 6) is 0.187. The smallest absolute Gasteiger partial charge is 0.227 e. The van der Waals surface area contributed by atoms with Crippen LogP contribution in [0.5, 0.6) is 0 Å². The van der Waals surface area contributed by atoms with E-state index >= 15 is 0 Å². The molecule has 2 aromatic rings. The van der Waals surface area contributed by atoms with E-state index in [-0.39, 0.29) is 42.1 Å². The van der Waals surface area contributed by atoms with Gasteiger partial charge in [0.15, 0.2) is 5.65 Å². The average Bonchev–Trinajstić information content (AvgIpc) is 2.89. The summed E-state index contributed by atoms with van der Waals surface area (Å²) in [6.07, 6.45) is 5.13. The fraction of sp³-hybridized carbons (Fsp3) is 0.417. The van der Waals surface area contributed by atoms with E-state index in [0.717, 1.165) is 37.0 Å². The van der Waals surface area contributed by atoms with Crippen LogP contribution in [0.2, 0.25) is 0 Å². The van der Waals surface area contributed by atoms with Crippen LogP contribution in [-0.4, -0.2) is 39.7 Å². The van der Waals surface area contributed by atoms with Gasteiger partial charge in [0.1, 0.15) is 0 Å². The first-order valence-corrected chi connectivity index (χ1v) is 6.14. The molecule has 7 nitrogen and oxygen atoms in total. The minimum Gasteiger partial charge on any atom is -0.412 e. The molecule has 1 fully saturated rings. The fourth-order valence-electron chi connectivity index (χ4n) is 2.28. The van der Waals surface area contributed by atoms with Gasteiger partial charge in [-0.25, -0.2) is 4.98 Å². The number of piperidine rings is 1. The Morgan fingerprint density at radius 3 is 2.71 bits per heavy atom. The second-order valence-electron chi connectivity index (χ2n) is 4.50. The number of halogens is 2. The molecule has 21 heavy (non-hydrogen) atoms.